The maximum absolute atomic E-state index is 17.0. The molecule has 4 bridgehead atoms. The van der Waals surface area contributed by atoms with Crippen LogP contribution in [0.2, 0.25) is 10.0 Å². The number of nitrogens with one attached hydrogen (secondary N) is 1. The maximum atomic E-state index is 17.0. The first kappa shape index (κ1) is 28.9. The van der Waals surface area contributed by atoms with Crippen molar-refractivity contribution in [2.45, 2.75) is 82.2 Å². The van der Waals surface area contributed by atoms with Crippen molar-refractivity contribution in [1.29, 1.82) is 5.26 Å². The van der Waals surface area contributed by atoms with E-state index in [1.807, 2.05) is 17.9 Å². The monoisotopic (exact) mass is 659 g/mol. The molecular weight excluding hydrogens is 627 g/mol. The van der Waals surface area contributed by atoms with Gasteiger partial charge in [-0.25, -0.2) is 13.8 Å². The molecule has 3 aliphatic carbocycles. The minimum atomic E-state index is -0.961. The minimum Gasteiger partial charge on any atom is -0.337 e. The average molecular weight is 661 g/mol. The third kappa shape index (κ3) is 4.01. The third-order valence-electron chi connectivity index (χ3n) is 11.5. The molecule has 3 saturated carbocycles. The van der Waals surface area contributed by atoms with Crippen molar-refractivity contribution in [1.82, 2.24) is 19.8 Å². The topological polar surface area (TPSA) is 74.0 Å². The van der Waals surface area contributed by atoms with Crippen molar-refractivity contribution in [3.8, 4) is 17.2 Å². The van der Waals surface area contributed by atoms with E-state index in [0.717, 1.165) is 42.4 Å². The highest BCUT2D eigenvalue weighted by Crippen LogP contribution is 2.57. The number of nitriles is 1. The quantitative estimate of drug-likeness (QED) is 0.228. The summed E-state index contributed by atoms with van der Waals surface area (Å²) in [6.07, 6.45) is 3.49. The van der Waals surface area contributed by atoms with Crippen LogP contribution in [0, 0.1) is 41.8 Å². The van der Waals surface area contributed by atoms with Gasteiger partial charge in [-0.2, -0.15) is 5.26 Å². The van der Waals surface area contributed by atoms with E-state index in [2.05, 4.69) is 22.0 Å². The molecule has 6 nitrogen and oxygen atoms in total. The molecule has 3 saturated heterocycles. The lowest BCUT2D eigenvalue weighted by molar-refractivity contribution is -0.138. The van der Waals surface area contributed by atoms with E-state index in [0.29, 0.717) is 58.0 Å². The van der Waals surface area contributed by atoms with Crippen LogP contribution in [0.25, 0.3) is 32.9 Å². The molecule has 3 aliphatic heterocycles. The van der Waals surface area contributed by atoms with Crippen LogP contribution in [0.1, 0.15) is 67.6 Å². The molecule has 10 rings (SSSR count). The lowest BCUT2D eigenvalue weighted by atomic mass is 9.79. The number of pyridine rings is 1. The van der Waals surface area contributed by atoms with Gasteiger partial charge in [0.05, 0.1) is 33.7 Å². The summed E-state index contributed by atoms with van der Waals surface area (Å²) in [7, 11) is 0. The Bertz CT molecular complexity index is 2000. The molecule has 7 unspecified atom stereocenters. The van der Waals surface area contributed by atoms with Gasteiger partial charge in [-0.05, 0) is 75.1 Å². The van der Waals surface area contributed by atoms with Gasteiger partial charge in [-0.15, -0.1) is 0 Å². The Morgan fingerprint density at radius 3 is 2.72 bits per heavy atom. The van der Waals surface area contributed by atoms with E-state index < -0.39 is 12.0 Å². The van der Waals surface area contributed by atoms with Gasteiger partial charge in [-0.1, -0.05) is 35.3 Å². The molecule has 1 amide bonds. The summed E-state index contributed by atoms with van der Waals surface area (Å²) in [6.45, 7) is 2.79. The fraction of sp³-hybridized carbons (Fsp3) is 0.472. The fourth-order valence-electron chi connectivity index (χ4n) is 9.27. The molecular formula is C36H33Cl2F2N5O. The van der Waals surface area contributed by atoms with Gasteiger partial charge in [0.25, 0.3) is 0 Å². The summed E-state index contributed by atoms with van der Waals surface area (Å²) >= 11 is 13.0. The fourth-order valence-corrected chi connectivity index (χ4v) is 9.66. The first-order valence-corrected chi connectivity index (χ1v) is 17.2. The Kier molecular flexibility index (Phi) is 6.52. The van der Waals surface area contributed by atoms with Gasteiger partial charge in [0.1, 0.15) is 11.7 Å². The summed E-state index contributed by atoms with van der Waals surface area (Å²) in [5, 5.41) is 15.3. The van der Waals surface area contributed by atoms with E-state index in [9.17, 15) is 10.1 Å². The third-order valence-corrected chi connectivity index (χ3v) is 12.3. The second kappa shape index (κ2) is 10.4. The summed E-state index contributed by atoms with van der Waals surface area (Å²) < 4.78 is 35.0. The second-order valence-corrected chi connectivity index (χ2v) is 14.8. The molecule has 6 fully saturated rings. The number of amides is 1. The summed E-state index contributed by atoms with van der Waals surface area (Å²) in [4.78, 5) is 20.7. The number of carbonyl (C=O) groups is 1. The van der Waals surface area contributed by atoms with E-state index in [4.69, 9.17) is 28.2 Å². The molecule has 0 spiro atoms. The van der Waals surface area contributed by atoms with Crippen LogP contribution in [0.5, 0.6) is 0 Å². The number of aryl methyl sites for hydroxylation is 2. The lowest BCUT2D eigenvalue weighted by Gasteiger charge is -2.42. The normalized spacial score (nSPS) is 29.6. The second-order valence-electron chi connectivity index (χ2n) is 14.0. The Balaban J connectivity index is 1.33. The first-order valence-electron chi connectivity index (χ1n) is 16.4. The van der Waals surface area contributed by atoms with E-state index in [1.165, 1.54) is 0 Å². The number of likely N-dealkylation sites (tertiary alicyclic amines) is 1. The number of carbonyl (C=O) groups excluding carboxylic acids is 1. The Hall–Kier alpha value is -3.25. The molecule has 10 heteroatoms. The van der Waals surface area contributed by atoms with Crippen molar-refractivity contribution < 1.29 is 13.6 Å². The largest absolute Gasteiger partial charge is 0.337 e. The maximum Gasteiger partial charge on any atom is 0.226 e. The lowest BCUT2D eigenvalue weighted by Crippen LogP contribution is -2.46. The number of halogens is 4. The van der Waals surface area contributed by atoms with Crippen molar-refractivity contribution in [2.75, 3.05) is 6.54 Å². The zero-order valence-corrected chi connectivity index (χ0v) is 26.9. The van der Waals surface area contributed by atoms with Crippen LogP contribution in [0.15, 0.2) is 30.3 Å². The van der Waals surface area contributed by atoms with Crippen LogP contribution >= 0.6 is 23.2 Å². The molecule has 5 heterocycles. The number of nitrogens with zero attached hydrogens (tertiary/aromatic N) is 4. The Morgan fingerprint density at radius 2 is 2.00 bits per heavy atom. The summed E-state index contributed by atoms with van der Waals surface area (Å²) in [5.41, 5.74) is 4.14. The van der Waals surface area contributed by atoms with Gasteiger partial charge >= 0.3 is 0 Å². The SMILES string of the molecule is Cc1nc2c(F)c(-c3cccc(Cl)c3Cl)c(CCC#N)cc2c2c1cc(C1C3CC(CC3F)N1C(=O)C1CC1)n2C1C2CNC1C2. The number of alkyl halides is 1. The number of aromatic nitrogens is 2. The molecule has 7 atom stereocenters. The predicted octanol–water partition coefficient (Wildman–Crippen LogP) is 8.01. The zero-order chi connectivity index (χ0) is 31.6. The first-order chi connectivity index (χ1) is 22.3. The van der Waals surface area contributed by atoms with Crippen LogP contribution in [-0.4, -0.2) is 45.2 Å². The standard InChI is InChI=1S/C36H33Cl2F2N5O/c1-16-22-14-28(35-23-12-20(13-26(23)39)44(35)36(46)17-7-8-17)45(33-19-11-27(33)42-15-19)34(22)24-10-18(4-3-9-41)29(31(40)32(24)43-16)21-5-2-6-25(37)30(21)38/h2,5-6,10,14,17,19-20,23,26-27,33,35,42H,3-4,7-8,11-13,15H2,1H3. The predicted molar refractivity (Wildman–Crippen MR) is 174 cm³/mol. The van der Waals surface area contributed by atoms with E-state index in [1.54, 1.807) is 18.2 Å². The molecule has 2 aromatic heterocycles. The molecule has 46 heavy (non-hydrogen) atoms. The Labute approximate surface area is 275 Å². The van der Waals surface area contributed by atoms with Crippen molar-refractivity contribution >= 4 is 50.9 Å². The van der Waals surface area contributed by atoms with Crippen molar-refractivity contribution in [2.24, 2.45) is 17.8 Å². The van der Waals surface area contributed by atoms with Crippen molar-refractivity contribution in [3.05, 3.63) is 63.1 Å². The van der Waals surface area contributed by atoms with Gasteiger partial charge in [0, 0.05) is 70.2 Å². The number of fused-ring (bicyclic) bond motifs is 6. The van der Waals surface area contributed by atoms with Crippen LogP contribution < -0.4 is 5.32 Å². The molecule has 6 aliphatic rings. The molecule has 1 N–H and O–H groups in total. The molecule has 4 aromatic rings. The van der Waals surface area contributed by atoms with Gasteiger partial charge in [0.15, 0.2) is 5.82 Å². The smallest absolute Gasteiger partial charge is 0.226 e. The van der Waals surface area contributed by atoms with Gasteiger partial charge < -0.3 is 14.8 Å². The van der Waals surface area contributed by atoms with Gasteiger partial charge in [-0.3, -0.25) is 4.79 Å². The number of piperidine rings is 1. The zero-order valence-electron chi connectivity index (χ0n) is 25.4. The summed E-state index contributed by atoms with van der Waals surface area (Å²) in [6, 6.07) is 11.4. The molecule has 2 aromatic carbocycles. The highest BCUT2D eigenvalue weighted by atomic mass is 35.5. The van der Waals surface area contributed by atoms with Crippen LogP contribution in [0.3, 0.4) is 0 Å². The number of hydrogen-bond acceptors (Lipinski definition) is 4. The highest BCUT2D eigenvalue weighted by molar-refractivity contribution is 6.43. The van der Waals surface area contributed by atoms with Crippen LogP contribution in [-0.2, 0) is 11.2 Å². The molecule has 0 radical (unpaired) electrons. The average Bonchev–Trinajstić information content (AvgIpc) is 3.39. The van der Waals surface area contributed by atoms with Gasteiger partial charge in [0.2, 0.25) is 5.91 Å². The summed E-state index contributed by atoms with van der Waals surface area (Å²) in [5.74, 6) is -0.179. The number of rotatable bonds is 6. The minimum absolute atomic E-state index is 0.0389. The van der Waals surface area contributed by atoms with E-state index in [-0.39, 0.29) is 58.9 Å². The number of hydrogen-bond donors (Lipinski definition) is 1. The molecule has 236 valence electrons. The highest BCUT2D eigenvalue weighted by Gasteiger charge is 2.58. The van der Waals surface area contributed by atoms with Crippen molar-refractivity contribution in [3.63, 3.8) is 0 Å². The van der Waals surface area contributed by atoms with Crippen LogP contribution in [0.4, 0.5) is 8.78 Å². The number of benzene rings is 2. The van der Waals surface area contributed by atoms with E-state index >= 15 is 8.78 Å². The Morgan fingerprint density at radius 1 is 1.17 bits per heavy atom.